The molecule has 1 aromatic rings. The first-order valence-corrected chi connectivity index (χ1v) is 4.59. The smallest absolute Gasteiger partial charge is 0.0720 e. The zero-order chi connectivity index (χ0) is 9.84. The Morgan fingerprint density at radius 3 is 2.62 bits per heavy atom. The number of hydrogen-bond donors (Lipinski definition) is 1. The summed E-state index contributed by atoms with van der Waals surface area (Å²) in [7, 11) is 0. The van der Waals surface area contributed by atoms with E-state index in [-0.39, 0.29) is 0 Å². The van der Waals surface area contributed by atoms with E-state index in [1.165, 1.54) is 5.56 Å². The minimum Gasteiger partial charge on any atom is -0.398 e. The van der Waals surface area contributed by atoms with E-state index in [0.29, 0.717) is 6.61 Å². The lowest BCUT2D eigenvalue weighted by Gasteiger charge is -2.10. The standard InChI is InChI=1S/C11H17NO/c1-4-13-7-10-6-5-8(2)11(12)9(10)3/h5-6H,4,7,12H2,1-3H3. The van der Waals surface area contributed by atoms with Crippen molar-refractivity contribution in [3.05, 3.63) is 28.8 Å². The van der Waals surface area contributed by atoms with Gasteiger partial charge in [0, 0.05) is 12.3 Å². The lowest BCUT2D eigenvalue weighted by molar-refractivity contribution is 0.133. The number of hydrogen-bond acceptors (Lipinski definition) is 2. The summed E-state index contributed by atoms with van der Waals surface area (Å²) >= 11 is 0. The summed E-state index contributed by atoms with van der Waals surface area (Å²) in [6.07, 6.45) is 0. The zero-order valence-electron chi connectivity index (χ0n) is 8.55. The van der Waals surface area contributed by atoms with Gasteiger partial charge in [0.25, 0.3) is 0 Å². The van der Waals surface area contributed by atoms with E-state index in [9.17, 15) is 0 Å². The van der Waals surface area contributed by atoms with Gasteiger partial charge in [-0.05, 0) is 37.5 Å². The summed E-state index contributed by atoms with van der Waals surface area (Å²) < 4.78 is 5.34. The summed E-state index contributed by atoms with van der Waals surface area (Å²) in [5.74, 6) is 0. The van der Waals surface area contributed by atoms with E-state index in [4.69, 9.17) is 10.5 Å². The molecule has 0 aliphatic rings. The van der Waals surface area contributed by atoms with Crippen LogP contribution < -0.4 is 5.73 Å². The summed E-state index contributed by atoms with van der Waals surface area (Å²) in [5, 5.41) is 0. The highest BCUT2D eigenvalue weighted by molar-refractivity contribution is 5.55. The molecule has 0 saturated carbocycles. The van der Waals surface area contributed by atoms with Crippen LogP contribution in [0.25, 0.3) is 0 Å². The number of benzene rings is 1. The number of ether oxygens (including phenoxy) is 1. The van der Waals surface area contributed by atoms with Gasteiger partial charge >= 0.3 is 0 Å². The molecule has 0 saturated heterocycles. The highest BCUT2D eigenvalue weighted by atomic mass is 16.5. The van der Waals surface area contributed by atoms with Crippen LogP contribution in [0.5, 0.6) is 0 Å². The molecule has 0 amide bonds. The molecule has 0 aliphatic carbocycles. The van der Waals surface area contributed by atoms with Gasteiger partial charge in [-0.15, -0.1) is 0 Å². The normalized spacial score (nSPS) is 10.4. The molecule has 2 N–H and O–H groups in total. The Bertz CT molecular complexity index is 294. The van der Waals surface area contributed by atoms with Crippen molar-refractivity contribution in [3.63, 3.8) is 0 Å². The van der Waals surface area contributed by atoms with Crippen molar-refractivity contribution in [1.82, 2.24) is 0 Å². The van der Waals surface area contributed by atoms with Gasteiger partial charge in [0.1, 0.15) is 0 Å². The summed E-state index contributed by atoms with van der Waals surface area (Å²) in [4.78, 5) is 0. The van der Waals surface area contributed by atoms with Crippen LogP contribution in [0.2, 0.25) is 0 Å². The fourth-order valence-corrected chi connectivity index (χ4v) is 1.28. The molecule has 0 fully saturated rings. The minimum atomic E-state index is 0.660. The van der Waals surface area contributed by atoms with Gasteiger partial charge < -0.3 is 10.5 Å². The zero-order valence-corrected chi connectivity index (χ0v) is 8.55. The van der Waals surface area contributed by atoms with E-state index in [1.54, 1.807) is 0 Å². The second kappa shape index (κ2) is 4.28. The Morgan fingerprint density at radius 1 is 1.31 bits per heavy atom. The summed E-state index contributed by atoms with van der Waals surface area (Å²) in [6, 6.07) is 4.12. The van der Waals surface area contributed by atoms with E-state index < -0.39 is 0 Å². The molecular weight excluding hydrogens is 162 g/mol. The molecule has 0 aliphatic heterocycles. The van der Waals surface area contributed by atoms with Crippen LogP contribution in [-0.2, 0) is 11.3 Å². The molecule has 0 spiro atoms. The molecule has 2 nitrogen and oxygen atoms in total. The first-order valence-electron chi connectivity index (χ1n) is 4.59. The molecule has 72 valence electrons. The van der Waals surface area contributed by atoms with Crippen molar-refractivity contribution >= 4 is 5.69 Å². The van der Waals surface area contributed by atoms with Crippen LogP contribution in [0.3, 0.4) is 0 Å². The van der Waals surface area contributed by atoms with Crippen LogP contribution >= 0.6 is 0 Å². The minimum absolute atomic E-state index is 0.660. The molecule has 0 unspecified atom stereocenters. The molecular formula is C11H17NO. The monoisotopic (exact) mass is 179 g/mol. The van der Waals surface area contributed by atoms with Crippen LogP contribution in [0, 0.1) is 13.8 Å². The number of nitrogens with two attached hydrogens (primary N) is 1. The van der Waals surface area contributed by atoms with Crippen molar-refractivity contribution in [1.29, 1.82) is 0 Å². The first kappa shape index (κ1) is 10.1. The second-order valence-corrected chi connectivity index (χ2v) is 3.22. The average Bonchev–Trinajstić information content (AvgIpc) is 2.13. The van der Waals surface area contributed by atoms with Gasteiger partial charge in [0.15, 0.2) is 0 Å². The van der Waals surface area contributed by atoms with Gasteiger partial charge in [0.2, 0.25) is 0 Å². The predicted octanol–water partition coefficient (Wildman–Crippen LogP) is 2.42. The Kier molecular flexibility index (Phi) is 3.32. The Labute approximate surface area is 79.7 Å². The second-order valence-electron chi connectivity index (χ2n) is 3.22. The molecule has 0 bridgehead atoms. The maximum atomic E-state index is 5.90. The topological polar surface area (TPSA) is 35.2 Å². The van der Waals surface area contributed by atoms with Crippen molar-refractivity contribution < 1.29 is 4.74 Å². The van der Waals surface area contributed by atoms with Crippen LogP contribution in [0.4, 0.5) is 5.69 Å². The van der Waals surface area contributed by atoms with E-state index in [2.05, 4.69) is 6.07 Å². The highest BCUT2D eigenvalue weighted by Crippen LogP contribution is 2.20. The van der Waals surface area contributed by atoms with Crippen LogP contribution in [0.15, 0.2) is 12.1 Å². The third kappa shape index (κ3) is 2.22. The van der Waals surface area contributed by atoms with Gasteiger partial charge in [-0.2, -0.15) is 0 Å². The molecule has 2 heteroatoms. The Hall–Kier alpha value is -1.02. The van der Waals surface area contributed by atoms with Gasteiger partial charge in [-0.3, -0.25) is 0 Å². The third-order valence-electron chi connectivity index (χ3n) is 2.31. The third-order valence-corrected chi connectivity index (χ3v) is 2.31. The molecule has 1 aromatic carbocycles. The highest BCUT2D eigenvalue weighted by Gasteiger charge is 2.03. The molecule has 13 heavy (non-hydrogen) atoms. The lowest BCUT2D eigenvalue weighted by Crippen LogP contribution is -2.00. The maximum absolute atomic E-state index is 5.90. The number of aryl methyl sites for hydroxylation is 1. The van der Waals surface area contributed by atoms with Crippen molar-refractivity contribution in [2.24, 2.45) is 0 Å². The van der Waals surface area contributed by atoms with Crippen LogP contribution in [-0.4, -0.2) is 6.61 Å². The fraction of sp³-hybridized carbons (Fsp3) is 0.455. The Balaban J connectivity index is 2.90. The van der Waals surface area contributed by atoms with Gasteiger partial charge in [-0.1, -0.05) is 12.1 Å². The lowest BCUT2D eigenvalue weighted by atomic mass is 10.0. The summed E-state index contributed by atoms with van der Waals surface area (Å²) in [5.41, 5.74) is 10.3. The molecule has 0 atom stereocenters. The fourth-order valence-electron chi connectivity index (χ4n) is 1.28. The number of anilines is 1. The van der Waals surface area contributed by atoms with E-state index in [1.807, 2.05) is 26.8 Å². The van der Waals surface area contributed by atoms with E-state index >= 15 is 0 Å². The maximum Gasteiger partial charge on any atom is 0.0720 e. The predicted molar refractivity (Wildman–Crippen MR) is 55.7 cm³/mol. The Morgan fingerprint density at radius 2 is 2.00 bits per heavy atom. The molecule has 0 heterocycles. The molecule has 0 radical (unpaired) electrons. The first-order chi connectivity index (χ1) is 6.16. The number of nitrogen functional groups attached to an aromatic ring is 1. The SMILES string of the molecule is CCOCc1ccc(C)c(N)c1C. The largest absolute Gasteiger partial charge is 0.398 e. The van der Waals surface area contributed by atoms with E-state index in [0.717, 1.165) is 23.4 Å². The number of rotatable bonds is 3. The van der Waals surface area contributed by atoms with Crippen molar-refractivity contribution in [2.75, 3.05) is 12.3 Å². The van der Waals surface area contributed by atoms with Crippen molar-refractivity contribution in [3.8, 4) is 0 Å². The molecule has 0 aromatic heterocycles. The average molecular weight is 179 g/mol. The summed E-state index contributed by atoms with van der Waals surface area (Å²) in [6.45, 7) is 7.45. The van der Waals surface area contributed by atoms with Crippen LogP contribution in [0.1, 0.15) is 23.6 Å². The van der Waals surface area contributed by atoms with Gasteiger partial charge in [0.05, 0.1) is 6.61 Å². The van der Waals surface area contributed by atoms with Gasteiger partial charge in [-0.25, -0.2) is 0 Å². The quantitative estimate of drug-likeness (QED) is 0.723. The van der Waals surface area contributed by atoms with Crippen molar-refractivity contribution in [2.45, 2.75) is 27.4 Å². The molecule has 1 rings (SSSR count).